The Morgan fingerprint density at radius 2 is 1.62 bits per heavy atom. The molecule has 0 fully saturated rings. The normalized spacial score (nSPS) is 11.4. The van der Waals surface area contributed by atoms with Gasteiger partial charge in [0, 0.05) is 5.56 Å². The molecular formula is C24H24Cl3F3NO2Ti. The number of nitrogens with zero attached hydrogens (tertiary/aromatic N) is 1. The van der Waals surface area contributed by atoms with Crippen molar-refractivity contribution in [2.24, 2.45) is 0 Å². The zero-order valence-electron chi connectivity index (χ0n) is 18.8. The zero-order valence-corrected chi connectivity index (χ0v) is 22.6. The molecule has 1 aromatic heterocycles. The van der Waals surface area contributed by atoms with E-state index in [1.54, 1.807) is 30.8 Å². The minimum atomic E-state index is -4.48. The van der Waals surface area contributed by atoms with Gasteiger partial charge in [-0.3, -0.25) is 4.58 Å². The van der Waals surface area contributed by atoms with Gasteiger partial charge in [-0.1, -0.05) is 63.2 Å². The van der Waals surface area contributed by atoms with Crippen molar-refractivity contribution in [1.82, 2.24) is 0 Å². The van der Waals surface area contributed by atoms with E-state index in [1.165, 1.54) is 16.7 Å². The number of hydrogen-bond acceptors (Lipinski definition) is 1. The summed E-state index contributed by atoms with van der Waals surface area (Å²) in [5, 5.41) is 10.3. The fourth-order valence-corrected chi connectivity index (χ4v) is 3.17. The van der Waals surface area contributed by atoms with Gasteiger partial charge in [-0.05, 0) is 23.1 Å². The SMILES string of the molecule is C=[N+]([CH-]c1ccc(-c2ccccc2C(F)(F)F)[o+]1[CH2-])c1cc(C(C)(C)C)ccc1O.[Cl][Ti]([Cl])[Cl]. The summed E-state index contributed by atoms with van der Waals surface area (Å²) < 4.78 is 44.0. The van der Waals surface area contributed by atoms with Crippen LogP contribution in [0.25, 0.3) is 11.3 Å². The molecule has 0 bridgehead atoms. The molecule has 0 amide bonds. The van der Waals surface area contributed by atoms with Crippen LogP contribution in [0.4, 0.5) is 18.9 Å². The third-order valence-corrected chi connectivity index (χ3v) is 4.88. The Labute approximate surface area is 215 Å². The van der Waals surface area contributed by atoms with Gasteiger partial charge >= 0.3 is 48.8 Å². The third-order valence-electron chi connectivity index (χ3n) is 4.88. The van der Waals surface area contributed by atoms with E-state index in [2.05, 4.69) is 38.6 Å². The molecule has 1 N–H and O–H groups in total. The van der Waals surface area contributed by atoms with E-state index in [0.717, 1.165) is 11.6 Å². The Morgan fingerprint density at radius 3 is 2.18 bits per heavy atom. The Bertz CT molecular complexity index is 1150. The van der Waals surface area contributed by atoms with Gasteiger partial charge in [0.05, 0.1) is 19.4 Å². The predicted octanol–water partition coefficient (Wildman–Crippen LogP) is 8.92. The molecule has 0 unspecified atom stereocenters. The van der Waals surface area contributed by atoms with Crippen LogP contribution in [0.1, 0.15) is 37.7 Å². The van der Waals surface area contributed by atoms with E-state index >= 15 is 0 Å². The van der Waals surface area contributed by atoms with Gasteiger partial charge in [0.25, 0.3) is 0 Å². The van der Waals surface area contributed by atoms with Crippen molar-refractivity contribution in [3.63, 3.8) is 0 Å². The summed E-state index contributed by atoms with van der Waals surface area (Å²) in [6.45, 7) is 11.7. The quantitative estimate of drug-likeness (QED) is 0.110. The number of halogens is 6. The van der Waals surface area contributed by atoms with Crippen molar-refractivity contribution in [1.29, 1.82) is 0 Å². The second-order valence-corrected chi connectivity index (χ2v) is 16.0. The molecule has 0 saturated carbocycles. The topological polar surface area (TPSA) is 25.9 Å². The standard InChI is InChI=1S/C24H24F3NO2.3ClH.Ti/c1-23(2,3)16-10-12-21(29)20(14-16)28(4)15-17-11-13-22(30(17)5)18-8-6-7-9-19(18)24(25,26)27;;;;/h6-15,29H,4-5H2,1-3H3;3*1H;/q;;;;+3/p-3. The van der Waals surface area contributed by atoms with E-state index < -0.39 is 26.4 Å². The van der Waals surface area contributed by atoms with Crippen LogP contribution >= 0.6 is 27.9 Å². The van der Waals surface area contributed by atoms with Gasteiger partial charge in [-0.25, -0.2) is 0 Å². The predicted molar refractivity (Wildman–Crippen MR) is 129 cm³/mol. The molecule has 3 aromatic rings. The zero-order chi connectivity index (χ0) is 25.8. The Morgan fingerprint density at radius 1 is 1.03 bits per heavy atom. The van der Waals surface area contributed by atoms with Crippen molar-refractivity contribution >= 4 is 40.3 Å². The molecule has 0 saturated heterocycles. The van der Waals surface area contributed by atoms with Gasteiger partial charge in [-0.2, -0.15) is 13.2 Å². The van der Waals surface area contributed by atoms with Crippen molar-refractivity contribution in [2.75, 3.05) is 0 Å². The Balaban J connectivity index is 0.000000945. The summed E-state index contributed by atoms with van der Waals surface area (Å²) in [6, 6.07) is 13.8. The van der Waals surface area contributed by atoms with Crippen LogP contribution in [-0.4, -0.2) is 16.4 Å². The number of alkyl halides is 3. The maximum absolute atomic E-state index is 13.4. The van der Waals surface area contributed by atoms with Crippen molar-refractivity contribution in [2.45, 2.75) is 32.4 Å². The molecule has 1 heterocycles. The van der Waals surface area contributed by atoms with Crippen molar-refractivity contribution < 1.29 is 41.6 Å². The first kappa shape index (κ1) is 28.5. The first-order valence-electron chi connectivity index (χ1n) is 9.87. The Hall–Kier alpha value is -1.70. The average molecular weight is 570 g/mol. The number of aromatic hydroxyl groups is 1. The fourth-order valence-electron chi connectivity index (χ4n) is 3.17. The third kappa shape index (κ3) is 7.40. The van der Waals surface area contributed by atoms with Gasteiger partial charge in [0.1, 0.15) is 18.1 Å². The van der Waals surface area contributed by atoms with Crippen molar-refractivity contribution in [3.8, 4) is 17.1 Å². The molecule has 0 aliphatic heterocycles. The molecular weight excluding hydrogens is 545 g/mol. The molecule has 0 aliphatic rings. The van der Waals surface area contributed by atoms with Gasteiger partial charge < -0.3 is 9.15 Å². The molecule has 0 aliphatic carbocycles. The van der Waals surface area contributed by atoms with Crippen LogP contribution in [0.2, 0.25) is 0 Å². The molecule has 3 rings (SSSR count). The summed E-state index contributed by atoms with van der Waals surface area (Å²) in [5.74, 6) is 0.747. The summed E-state index contributed by atoms with van der Waals surface area (Å²) in [6.07, 6.45) is -4.48. The Kier molecular flexibility index (Phi) is 9.54. The van der Waals surface area contributed by atoms with Crippen LogP contribution in [-0.2, 0) is 26.3 Å². The van der Waals surface area contributed by atoms with E-state index in [1.807, 2.05) is 12.1 Å². The summed E-state index contributed by atoms with van der Waals surface area (Å²) in [7, 11) is 18.7. The number of phenols is 1. The second kappa shape index (κ2) is 11.4. The summed E-state index contributed by atoms with van der Waals surface area (Å²) in [4.78, 5) is 0. The number of benzene rings is 2. The first-order valence-corrected chi connectivity index (χ1v) is 16.3. The van der Waals surface area contributed by atoms with Gasteiger partial charge in [0.2, 0.25) is 0 Å². The van der Waals surface area contributed by atoms with E-state index in [-0.39, 0.29) is 22.5 Å². The molecule has 0 atom stereocenters. The van der Waals surface area contributed by atoms with Crippen LogP contribution in [0, 0.1) is 13.7 Å². The minimum absolute atomic E-state index is 0.0119. The van der Waals surface area contributed by atoms with Gasteiger partial charge in [-0.15, -0.1) is 0 Å². The molecule has 0 radical (unpaired) electrons. The molecule has 10 heteroatoms. The molecule has 2 aromatic carbocycles. The number of hydrogen-bond donors (Lipinski definition) is 1. The second-order valence-electron chi connectivity index (χ2n) is 8.30. The monoisotopic (exact) mass is 568 g/mol. The van der Waals surface area contributed by atoms with Gasteiger partial charge in [0.15, 0.2) is 11.4 Å². The maximum atomic E-state index is 13.4. The molecule has 3 nitrogen and oxygen atoms in total. The summed E-state index contributed by atoms with van der Waals surface area (Å²) in [5.41, 5.74) is 0.627. The molecule has 0 spiro atoms. The number of phenolic OH excluding ortho intramolecular Hbond substituents is 1. The van der Waals surface area contributed by atoms with E-state index in [9.17, 15) is 18.3 Å². The van der Waals surface area contributed by atoms with Crippen LogP contribution < -0.4 is 0 Å². The summed E-state index contributed by atoms with van der Waals surface area (Å²) >= 11 is -1.92. The molecule has 34 heavy (non-hydrogen) atoms. The number of furan rings is 1. The van der Waals surface area contributed by atoms with Crippen molar-refractivity contribution in [3.05, 3.63) is 85.1 Å². The molecule has 183 valence electrons. The first-order chi connectivity index (χ1) is 15.6. The van der Waals surface area contributed by atoms with Crippen LogP contribution in [0.15, 0.2) is 58.6 Å². The fraction of sp³-hybridized carbons (Fsp3) is 0.208. The van der Waals surface area contributed by atoms with E-state index in [0.29, 0.717) is 11.4 Å². The van der Waals surface area contributed by atoms with Crippen LogP contribution in [0.3, 0.4) is 0 Å². The average Bonchev–Trinajstić information content (AvgIpc) is 3.06. The van der Waals surface area contributed by atoms with Crippen LogP contribution in [0.5, 0.6) is 5.75 Å². The van der Waals surface area contributed by atoms with E-state index in [4.69, 9.17) is 27.9 Å². The number of rotatable bonds is 4.